The van der Waals surface area contributed by atoms with Crippen molar-refractivity contribution >= 4 is 28.3 Å². The molecular formula is C16H26BrClN2. The number of nitrogens with zero attached hydrogens (tertiary/aromatic N) is 1. The van der Waals surface area contributed by atoms with Gasteiger partial charge in [-0.2, -0.15) is 0 Å². The number of halogens is 2. The molecule has 1 aliphatic rings. The van der Waals surface area contributed by atoms with E-state index in [1.165, 1.54) is 48.1 Å². The highest BCUT2D eigenvalue weighted by Crippen LogP contribution is 2.23. The van der Waals surface area contributed by atoms with Gasteiger partial charge in [0.25, 0.3) is 0 Å². The number of piperidine rings is 1. The maximum Gasteiger partial charge on any atom is 0.0244 e. The summed E-state index contributed by atoms with van der Waals surface area (Å²) in [6.45, 7) is 10.2. The number of hydrogen-bond acceptors (Lipinski definition) is 2. The van der Waals surface area contributed by atoms with Crippen molar-refractivity contribution in [3.05, 3.63) is 33.8 Å². The third kappa shape index (κ3) is 5.36. The maximum atomic E-state index is 3.68. The van der Waals surface area contributed by atoms with E-state index in [4.69, 9.17) is 0 Å². The van der Waals surface area contributed by atoms with Crippen molar-refractivity contribution in [1.29, 1.82) is 0 Å². The molecule has 1 aromatic rings. The van der Waals surface area contributed by atoms with Gasteiger partial charge in [-0.1, -0.05) is 35.0 Å². The summed E-state index contributed by atoms with van der Waals surface area (Å²) in [5.74, 6) is 0.873. The van der Waals surface area contributed by atoms with Gasteiger partial charge < -0.3 is 5.32 Å². The molecule has 1 saturated heterocycles. The maximum absolute atomic E-state index is 3.68. The van der Waals surface area contributed by atoms with Crippen LogP contribution in [-0.2, 0) is 6.54 Å². The number of benzene rings is 1. The first-order valence-electron chi connectivity index (χ1n) is 7.37. The quantitative estimate of drug-likeness (QED) is 0.852. The summed E-state index contributed by atoms with van der Waals surface area (Å²) in [5, 5.41) is 3.47. The van der Waals surface area contributed by atoms with E-state index in [0.717, 1.165) is 19.0 Å². The molecule has 0 amide bonds. The van der Waals surface area contributed by atoms with Crippen molar-refractivity contribution in [2.75, 3.05) is 26.2 Å². The molecule has 20 heavy (non-hydrogen) atoms. The summed E-state index contributed by atoms with van der Waals surface area (Å²) in [4.78, 5) is 2.58. The molecule has 0 atom stereocenters. The number of likely N-dealkylation sites (tertiary alicyclic amines) is 1. The van der Waals surface area contributed by atoms with Crippen LogP contribution in [0.1, 0.15) is 30.9 Å². The van der Waals surface area contributed by atoms with Gasteiger partial charge in [0.2, 0.25) is 0 Å². The van der Waals surface area contributed by atoms with Crippen molar-refractivity contribution < 1.29 is 0 Å². The van der Waals surface area contributed by atoms with Gasteiger partial charge in [-0.15, -0.1) is 12.4 Å². The van der Waals surface area contributed by atoms with Crippen LogP contribution in [-0.4, -0.2) is 31.1 Å². The van der Waals surface area contributed by atoms with Gasteiger partial charge in [0.15, 0.2) is 0 Å². The molecule has 1 aliphatic heterocycles. The van der Waals surface area contributed by atoms with Crippen LogP contribution >= 0.6 is 28.3 Å². The molecule has 0 aromatic heterocycles. The average molecular weight is 362 g/mol. The molecule has 0 radical (unpaired) electrons. The van der Waals surface area contributed by atoms with E-state index in [-0.39, 0.29) is 12.4 Å². The number of rotatable bonds is 5. The first-order chi connectivity index (χ1) is 9.19. The average Bonchev–Trinajstić information content (AvgIpc) is 2.41. The van der Waals surface area contributed by atoms with Crippen LogP contribution in [0.15, 0.2) is 22.7 Å². The first-order valence-corrected chi connectivity index (χ1v) is 8.16. The summed E-state index contributed by atoms with van der Waals surface area (Å²) in [5.41, 5.74) is 2.73. The van der Waals surface area contributed by atoms with Crippen LogP contribution in [0, 0.1) is 12.8 Å². The van der Waals surface area contributed by atoms with E-state index in [9.17, 15) is 0 Å². The minimum Gasteiger partial charge on any atom is -0.317 e. The highest BCUT2D eigenvalue weighted by atomic mass is 79.9. The standard InChI is InChI=1S/C16H25BrN2.ClH/c1-3-18-11-14-6-8-19(9-7-14)12-15-5-4-13(2)10-16(15)17;/h4-5,10,14,18H,3,6-9,11-12H2,1-2H3;1H. The third-order valence-electron chi connectivity index (χ3n) is 3.99. The summed E-state index contributed by atoms with van der Waals surface area (Å²) < 4.78 is 1.25. The number of hydrogen-bond donors (Lipinski definition) is 1. The smallest absolute Gasteiger partial charge is 0.0244 e. The predicted octanol–water partition coefficient (Wildman–Crippen LogP) is 4.00. The Morgan fingerprint density at radius 2 is 2.00 bits per heavy atom. The lowest BCUT2D eigenvalue weighted by atomic mass is 9.96. The molecule has 1 heterocycles. The van der Waals surface area contributed by atoms with E-state index >= 15 is 0 Å². The lowest BCUT2D eigenvalue weighted by Gasteiger charge is -2.32. The molecule has 0 bridgehead atoms. The van der Waals surface area contributed by atoms with Crippen LogP contribution in [0.25, 0.3) is 0 Å². The van der Waals surface area contributed by atoms with E-state index in [1.54, 1.807) is 0 Å². The van der Waals surface area contributed by atoms with Gasteiger partial charge in [-0.05, 0) is 69.1 Å². The number of nitrogens with one attached hydrogen (secondary N) is 1. The van der Waals surface area contributed by atoms with E-state index in [0.29, 0.717) is 0 Å². The van der Waals surface area contributed by atoms with Crippen molar-refractivity contribution in [2.24, 2.45) is 5.92 Å². The topological polar surface area (TPSA) is 15.3 Å². The summed E-state index contributed by atoms with van der Waals surface area (Å²) in [7, 11) is 0. The van der Waals surface area contributed by atoms with Crippen molar-refractivity contribution in [3.63, 3.8) is 0 Å². The SMILES string of the molecule is CCNCC1CCN(Cc2ccc(C)cc2Br)CC1.Cl. The second-order valence-electron chi connectivity index (χ2n) is 5.62. The van der Waals surface area contributed by atoms with Crippen LogP contribution in [0.2, 0.25) is 0 Å². The predicted molar refractivity (Wildman–Crippen MR) is 92.7 cm³/mol. The van der Waals surface area contributed by atoms with Crippen molar-refractivity contribution in [2.45, 2.75) is 33.2 Å². The molecule has 2 rings (SSSR count). The van der Waals surface area contributed by atoms with Crippen LogP contribution in [0.5, 0.6) is 0 Å². The Kier molecular flexibility index (Phi) is 8.11. The molecule has 0 saturated carbocycles. The van der Waals surface area contributed by atoms with Gasteiger partial charge >= 0.3 is 0 Å². The second-order valence-corrected chi connectivity index (χ2v) is 6.48. The molecule has 2 nitrogen and oxygen atoms in total. The molecule has 1 aromatic carbocycles. The largest absolute Gasteiger partial charge is 0.317 e. The molecule has 0 unspecified atom stereocenters. The Morgan fingerprint density at radius 1 is 1.30 bits per heavy atom. The summed E-state index contributed by atoms with van der Waals surface area (Å²) in [6, 6.07) is 6.68. The fourth-order valence-electron chi connectivity index (χ4n) is 2.72. The van der Waals surface area contributed by atoms with Gasteiger partial charge in [0.05, 0.1) is 0 Å². The van der Waals surface area contributed by atoms with Gasteiger partial charge in [-0.25, -0.2) is 0 Å². The van der Waals surface area contributed by atoms with E-state index in [2.05, 4.69) is 58.2 Å². The van der Waals surface area contributed by atoms with Crippen LogP contribution in [0.3, 0.4) is 0 Å². The second kappa shape index (κ2) is 9.04. The molecular weight excluding hydrogens is 336 g/mol. The summed E-state index contributed by atoms with van der Waals surface area (Å²) in [6.07, 6.45) is 2.66. The minimum absolute atomic E-state index is 0. The Bertz CT molecular complexity index is 403. The van der Waals surface area contributed by atoms with Crippen molar-refractivity contribution in [1.82, 2.24) is 10.2 Å². The van der Waals surface area contributed by atoms with Crippen LogP contribution in [0.4, 0.5) is 0 Å². The Hall–Kier alpha value is -0.0900. The normalized spacial score (nSPS) is 16.9. The Labute approximate surface area is 137 Å². The first kappa shape index (κ1) is 18.0. The Morgan fingerprint density at radius 3 is 2.60 bits per heavy atom. The fourth-order valence-corrected chi connectivity index (χ4v) is 3.34. The highest BCUT2D eigenvalue weighted by Gasteiger charge is 2.19. The minimum atomic E-state index is 0. The molecule has 1 N–H and O–H groups in total. The third-order valence-corrected chi connectivity index (χ3v) is 4.73. The van der Waals surface area contributed by atoms with E-state index in [1.807, 2.05) is 0 Å². The molecule has 0 aliphatic carbocycles. The monoisotopic (exact) mass is 360 g/mol. The zero-order valence-electron chi connectivity index (χ0n) is 12.5. The molecule has 1 fully saturated rings. The molecule has 114 valence electrons. The molecule has 4 heteroatoms. The van der Waals surface area contributed by atoms with E-state index < -0.39 is 0 Å². The zero-order chi connectivity index (χ0) is 13.7. The lowest BCUT2D eigenvalue weighted by molar-refractivity contribution is 0.175. The fraction of sp³-hybridized carbons (Fsp3) is 0.625. The Balaban J connectivity index is 0.00000200. The molecule has 0 spiro atoms. The van der Waals surface area contributed by atoms with Gasteiger partial charge in [0.1, 0.15) is 0 Å². The van der Waals surface area contributed by atoms with Gasteiger partial charge in [0, 0.05) is 11.0 Å². The lowest BCUT2D eigenvalue weighted by Crippen LogP contribution is -2.36. The highest BCUT2D eigenvalue weighted by molar-refractivity contribution is 9.10. The van der Waals surface area contributed by atoms with Crippen molar-refractivity contribution in [3.8, 4) is 0 Å². The summed E-state index contributed by atoms with van der Waals surface area (Å²) >= 11 is 3.68. The van der Waals surface area contributed by atoms with Crippen LogP contribution < -0.4 is 5.32 Å². The number of aryl methyl sites for hydroxylation is 1. The zero-order valence-corrected chi connectivity index (χ0v) is 14.9. The van der Waals surface area contributed by atoms with Gasteiger partial charge in [-0.3, -0.25) is 4.90 Å².